The highest BCUT2D eigenvalue weighted by atomic mass is 32.2. The number of aliphatic carboxylic acids is 1. The molecule has 0 aliphatic rings. The van der Waals surface area contributed by atoms with Crippen LogP contribution in [0.25, 0.3) is 0 Å². The van der Waals surface area contributed by atoms with Gasteiger partial charge >= 0.3 is 5.97 Å². The molecule has 0 heterocycles. The van der Waals surface area contributed by atoms with Crippen molar-refractivity contribution in [3.8, 4) is 5.75 Å². The lowest BCUT2D eigenvalue weighted by Gasteiger charge is -2.21. The van der Waals surface area contributed by atoms with Gasteiger partial charge in [0.05, 0.1) is 4.90 Å². The summed E-state index contributed by atoms with van der Waals surface area (Å²) >= 11 is 0. The predicted molar refractivity (Wildman–Crippen MR) is 61.9 cm³/mol. The van der Waals surface area contributed by atoms with Crippen molar-refractivity contribution in [2.24, 2.45) is 0 Å². The first-order chi connectivity index (χ1) is 7.63. The molecule has 5 nitrogen and oxygen atoms in total. The number of carboxylic acid groups (broad SMARTS) is 1. The topological polar surface area (TPSA) is 80.7 Å². The van der Waals surface area contributed by atoms with Crippen molar-refractivity contribution in [2.75, 3.05) is 6.26 Å². The monoisotopic (exact) mass is 258 g/mol. The lowest BCUT2D eigenvalue weighted by atomic mass is 10.1. The first-order valence-electron chi connectivity index (χ1n) is 4.85. The molecule has 0 aliphatic heterocycles. The molecule has 0 aliphatic carbocycles. The molecule has 0 fully saturated rings. The smallest absolute Gasteiger partial charge is 0.347 e. The van der Waals surface area contributed by atoms with E-state index in [1.807, 2.05) is 0 Å². The van der Waals surface area contributed by atoms with E-state index in [0.717, 1.165) is 6.26 Å². The van der Waals surface area contributed by atoms with E-state index in [2.05, 4.69) is 0 Å². The Morgan fingerprint density at radius 3 is 2.06 bits per heavy atom. The van der Waals surface area contributed by atoms with Gasteiger partial charge in [-0.25, -0.2) is 13.2 Å². The van der Waals surface area contributed by atoms with Gasteiger partial charge in [-0.2, -0.15) is 0 Å². The highest BCUT2D eigenvalue weighted by Crippen LogP contribution is 2.20. The molecule has 0 unspecified atom stereocenters. The minimum atomic E-state index is -3.25. The quantitative estimate of drug-likeness (QED) is 0.881. The van der Waals surface area contributed by atoms with Crippen molar-refractivity contribution in [3.05, 3.63) is 24.3 Å². The normalized spacial score (nSPS) is 12.2. The second-order valence-corrected chi connectivity index (χ2v) is 6.18. The standard InChI is InChI=1S/C11H14O5S/c1-11(2,10(12)13)16-8-4-6-9(7-5-8)17(3,14)15/h4-7H,1-3H3,(H,12,13). The molecular weight excluding hydrogens is 244 g/mol. The second-order valence-electron chi connectivity index (χ2n) is 4.16. The van der Waals surface area contributed by atoms with Crippen LogP contribution in [0.2, 0.25) is 0 Å². The van der Waals surface area contributed by atoms with E-state index >= 15 is 0 Å². The summed E-state index contributed by atoms with van der Waals surface area (Å²) in [6.45, 7) is 2.83. The summed E-state index contributed by atoms with van der Waals surface area (Å²) in [5.41, 5.74) is -1.35. The van der Waals surface area contributed by atoms with Gasteiger partial charge in [0.1, 0.15) is 5.75 Å². The molecule has 17 heavy (non-hydrogen) atoms. The summed E-state index contributed by atoms with van der Waals surface area (Å²) in [5, 5.41) is 8.87. The highest BCUT2D eigenvalue weighted by molar-refractivity contribution is 7.90. The third-order valence-electron chi connectivity index (χ3n) is 2.14. The second kappa shape index (κ2) is 4.37. The minimum absolute atomic E-state index is 0.165. The number of hydrogen-bond donors (Lipinski definition) is 1. The largest absolute Gasteiger partial charge is 0.478 e. The summed E-state index contributed by atoms with van der Waals surface area (Å²) < 4.78 is 27.6. The lowest BCUT2D eigenvalue weighted by Crippen LogP contribution is -2.37. The fraction of sp³-hybridized carbons (Fsp3) is 0.364. The fourth-order valence-electron chi connectivity index (χ4n) is 1.09. The molecule has 0 bridgehead atoms. The SMILES string of the molecule is CC(C)(Oc1ccc(S(C)(=O)=O)cc1)C(=O)O. The number of carbonyl (C=O) groups is 1. The van der Waals surface area contributed by atoms with Crippen LogP contribution in [0.15, 0.2) is 29.2 Å². The Morgan fingerprint density at radius 1 is 1.24 bits per heavy atom. The van der Waals surface area contributed by atoms with Crippen molar-refractivity contribution in [3.63, 3.8) is 0 Å². The van der Waals surface area contributed by atoms with Crippen molar-refractivity contribution in [1.82, 2.24) is 0 Å². The Kier molecular flexibility index (Phi) is 3.47. The van der Waals surface area contributed by atoms with Crippen LogP contribution in [-0.4, -0.2) is 31.4 Å². The molecule has 94 valence electrons. The first kappa shape index (κ1) is 13.5. The number of rotatable bonds is 4. The molecule has 0 radical (unpaired) electrons. The number of ether oxygens (including phenoxy) is 1. The van der Waals surface area contributed by atoms with Gasteiger partial charge in [-0.3, -0.25) is 0 Å². The summed E-state index contributed by atoms with van der Waals surface area (Å²) in [5.74, 6) is -0.783. The summed E-state index contributed by atoms with van der Waals surface area (Å²) in [6, 6.07) is 5.62. The van der Waals surface area contributed by atoms with Crippen molar-refractivity contribution < 1.29 is 23.1 Å². The molecule has 0 aromatic heterocycles. The van der Waals surface area contributed by atoms with Gasteiger partial charge in [0.25, 0.3) is 0 Å². The Labute approximate surface area is 100.0 Å². The third-order valence-corrected chi connectivity index (χ3v) is 3.27. The maximum atomic E-state index is 11.2. The number of hydrogen-bond acceptors (Lipinski definition) is 4. The summed E-state index contributed by atoms with van der Waals surface area (Å²) in [7, 11) is -3.25. The van der Waals surface area contributed by atoms with Crippen molar-refractivity contribution >= 4 is 15.8 Å². The average Bonchev–Trinajstić information content (AvgIpc) is 2.16. The Morgan fingerprint density at radius 2 is 1.71 bits per heavy atom. The van der Waals surface area contributed by atoms with Crippen molar-refractivity contribution in [2.45, 2.75) is 24.3 Å². The fourth-order valence-corrected chi connectivity index (χ4v) is 1.72. The zero-order chi connectivity index (χ0) is 13.3. The van der Waals surface area contributed by atoms with Crippen LogP contribution in [0.5, 0.6) is 5.75 Å². The average molecular weight is 258 g/mol. The van der Waals surface area contributed by atoms with E-state index in [9.17, 15) is 13.2 Å². The van der Waals surface area contributed by atoms with E-state index < -0.39 is 21.4 Å². The summed E-state index contributed by atoms with van der Waals surface area (Å²) in [6.07, 6.45) is 1.10. The van der Waals surface area contributed by atoms with Gasteiger partial charge in [-0.1, -0.05) is 0 Å². The Hall–Kier alpha value is -1.56. The lowest BCUT2D eigenvalue weighted by molar-refractivity contribution is -0.152. The molecule has 0 saturated heterocycles. The van der Waals surface area contributed by atoms with Crippen LogP contribution < -0.4 is 4.74 Å². The molecule has 0 saturated carbocycles. The van der Waals surface area contributed by atoms with Gasteiger partial charge in [0, 0.05) is 6.26 Å². The number of benzene rings is 1. The van der Waals surface area contributed by atoms with E-state index in [0.29, 0.717) is 5.75 Å². The van der Waals surface area contributed by atoms with Gasteiger partial charge in [0.15, 0.2) is 15.4 Å². The molecular formula is C11H14O5S. The van der Waals surface area contributed by atoms with Crippen LogP contribution in [0.1, 0.15) is 13.8 Å². The molecule has 6 heteroatoms. The molecule has 0 atom stereocenters. The molecule has 1 aromatic carbocycles. The Bertz CT molecular complexity index is 513. The van der Waals surface area contributed by atoms with Crippen LogP contribution in [0.3, 0.4) is 0 Å². The maximum absolute atomic E-state index is 11.2. The van der Waals surface area contributed by atoms with E-state index in [1.54, 1.807) is 0 Å². The predicted octanol–water partition coefficient (Wildman–Crippen LogP) is 1.33. The van der Waals surface area contributed by atoms with Gasteiger partial charge in [0.2, 0.25) is 0 Å². The number of sulfone groups is 1. The van der Waals surface area contributed by atoms with Gasteiger partial charge in [-0.15, -0.1) is 0 Å². The molecule has 0 amide bonds. The van der Waals surface area contributed by atoms with Gasteiger partial charge in [-0.05, 0) is 38.1 Å². The molecule has 1 rings (SSSR count). The van der Waals surface area contributed by atoms with Crippen LogP contribution in [0, 0.1) is 0 Å². The molecule has 0 spiro atoms. The third kappa shape index (κ3) is 3.45. The maximum Gasteiger partial charge on any atom is 0.347 e. The van der Waals surface area contributed by atoms with Gasteiger partial charge < -0.3 is 9.84 Å². The number of carboxylic acids is 1. The minimum Gasteiger partial charge on any atom is -0.478 e. The van der Waals surface area contributed by atoms with Crippen LogP contribution in [0.4, 0.5) is 0 Å². The zero-order valence-corrected chi connectivity index (χ0v) is 10.6. The molecule has 1 aromatic rings. The van der Waals surface area contributed by atoms with E-state index in [1.165, 1.54) is 38.1 Å². The zero-order valence-electron chi connectivity index (χ0n) is 9.80. The van der Waals surface area contributed by atoms with E-state index in [-0.39, 0.29) is 4.90 Å². The van der Waals surface area contributed by atoms with Crippen molar-refractivity contribution in [1.29, 1.82) is 0 Å². The first-order valence-corrected chi connectivity index (χ1v) is 6.74. The Balaban J connectivity index is 2.94. The molecule has 1 N–H and O–H groups in total. The highest BCUT2D eigenvalue weighted by Gasteiger charge is 2.29. The van der Waals surface area contributed by atoms with Crippen LogP contribution in [-0.2, 0) is 14.6 Å². The summed E-state index contributed by atoms with van der Waals surface area (Å²) in [4.78, 5) is 11.0. The van der Waals surface area contributed by atoms with E-state index in [4.69, 9.17) is 9.84 Å². The van der Waals surface area contributed by atoms with Crippen LogP contribution >= 0.6 is 0 Å².